The van der Waals surface area contributed by atoms with Gasteiger partial charge in [-0.25, -0.2) is 4.98 Å². The minimum atomic E-state index is 0.590. The van der Waals surface area contributed by atoms with Crippen LogP contribution in [0.25, 0.3) is 21.3 Å². The lowest BCUT2D eigenvalue weighted by Crippen LogP contribution is -2.07. The van der Waals surface area contributed by atoms with Gasteiger partial charge in [-0.15, -0.1) is 11.3 Å². The van der Waals surface area contributed by atoms with Crippen LogP contribution in [0.15, 0.2) is 36.0 Å². The van der Waals surface area contributed by atoms with E-state index in [1.807, 2.05) is 29.9 Å². The molecule has 6 nitrogen and oxygen atoms in total. The Morgan fingerprint density at radius 2 is 2.17 bits per heavy atom. The van der Waals surface area contributed by atoms with Gasteiger partial charge in [0, 0.05) is 18.4 Å². The maximum Gasteiger partial charge on any atom is 0.231 e. The number of anilines is 3. The number of fused-ring (bicyclic) bond motifs is 2. The number of hydrogen-bond donors (Lipinski definition) is 3. The first-order valence-electron chi connectivity index (χ1n) is 8.04. The topological polar surface area (TPSA) is 78.5 Å². The normalized spacial score (nSPS) is 14.3. The Bertz CT molecular complexity index is 1020. The number of rotatable bonds is 5. The van der Waals surface area contributed by atoms with Gasteiger partial charge in [-0.2, -0.15) is 9.97 Å². The van der Waals surface area contributed by atoms with Gasteiger partial charge < -0.3 is 15.6 Å². The number of benzene rings is 1. The highest BCUT2D eigenvalue weighted by Gasteiger charge is 2.21. The molecule has 0 unspecified atom stereocenters. The third-order valence-corrected chi connectivity index (χ3v) is 5.05. The Kier molecular flexibility index (Phi) is 3.12. The fraction of sp³-hybridized carbons (Fsp3) is 0.235. The molecule has 24 heavy (non-hydrogen) atoms. The van der Waals surface area contributed by atoms with Gasteiger partial charge in [0.25, 0.3) is 0 Å². The second-order valence-corrected chi connectivity index (χ2v) is 7.01. The van der Waals surface area contributed by atoms with E-state index in [1.54, 1.807) is 11.3 Å². The molecule has 4 aromatic rings. The third kappa shape index (κ3) is 2.56. The van der Waals surface area contributed by atoms with E-state index in [2.05, 4.69) is 36.6 Å². The van der Waals surface area contributed by atoms with Gasteiger partial charge in [-0.1, -0.05) is 0 Å². The number of H-pyrrole nitrogens is 1. The van der Waals surface area contributed by atoms with Crippen molar-refractivity contribution in [3.8, 4) is 0 Å². The van der Waals surface area contributed by atoms with Gasteiger partial charge in [0.1, 0.15) is 11.5 Å². The third-order valence-electron chi connectivity index (χ3n) is 4.26. The summed E-state index contributed by atoms with van der Waals surface area (Å²) < 4.78 is 1.15. The Morgan fingerprint density at radius 1 is 1.21 bits per heavy atom. The summed E-state index contributed by atoms with van der Waals surface area (Å²) in [6.07, 6.45) is 4.53. The molecule has 3 aromatic heterocycles. The summed E-state index contributed by atoms with van der Waals surface area (Å²) in [5.41, 5.74) is 4.67. The standard InChI is InChI=1S/C17H16N6S/c1-2-10(1)8-19-16-12-5-6-18-15(12)22-17(23-16)21-11-3-4-13-14(7-11)24-9-20-13/h3-7,9-10H,1-2,8H2,(H3,18,19,21,22,23). The van der Waals surface area contributed by atoms with Gasteiger partial charge >= 0.3 is 0 Å². The van der Waals surface area contributed by atoms with Gasteiger partial charge in [-0.05, 0) is 43.0 Å². The fourth-order valence-electron chi connectivity index (χ4n) is 2.76. The number of aromatic amines is 1. The fourth-order valence-corrected chi connectivity index (χ4v) is 3.47. The first-order chi connectivity index (χ1) is 11.8. The Morgan fingerprint density at radius 3 is 3.08 bits per heavy atom. The van der Waals surface area contributed by atoms with Crippen LogP contribution in [0, 0.1) is 5.92 Å². The van der Waals surface area contributed by atoms with Crippen LogP contribution in [0.5, 0.6) is 0 Å². The van der Waals surface area contributed by atoms with Crippen molar-refractivity contribution < 1.29 is 0 Å². The van der Waals surface area contributed by atoms with Crippen LogP contribution < -0.4 is 10.6 Å². The average Bonchev–Trinajstić information content (AvgIpc) is 3.09. The molecule has 0 bridgehead atoms. The SMILES string of the molecule is c1cc2c(NCC3CC3)nc(Nc3ccc4ncsc4c3)nc2[nH]1. The molecule has 3 heterocycles. The first-order valence-corrected chi connectivity index (χ1v) is 8.92. The van der Waals surface area contributed by atoms with Crippen LogP contribution in [0.2, 0.25) is 0 Å². The molecule has 5 rings (SSSR count). The van der Waals surface area contributed by atoms with Crippen molar-refractivity contribution in [2.45, 2.75) is 12.8 Å². The van der Waals surface area contributed by atoms with Crippen molar-refractivity contribution in [1.82, 2.24) is 19.9 Å². The highest BCUT2D eigenvalue weighted by atomic mass is 32.1. The molecule has 0 atom stereocenters. The largest absolute Gasteiger partial charge is 0.369 e. The van der Waals surface area contributed by atoms with Crippen molar-refractivity contribution in [2.24, 2.45) is 5.92 Å². The Balaban J connectivity index is 1.48. The molecule has 0 saturated heterocycles. The predicted octanol–water partition coefficient (Wildman–Crippen LogP) is 4.13. The number of thiazole rings is 1. The number of hydrogen-bond acceptors (Lipinski definition) is 6. The van der Waals surface area contributed by atoms with Crippen LogP contribution in [0.1, 0.15) is 12.8 Å². The molecule has 120 valence electrons. The summed E-state index contributed by atoms with van der Waals surface area (Å²) in [5, 5.41) is 7.80. The molecular weight excluding hydrogens is 320 g/mol. The summed E-state index contributed by atoms with van der Waals surface area (Å²) >= 11 is 1.63. The van der Waals surface area contributed by atoms with Crippen molar-refractivity contribution in [3.63, 3.8) is 0 Å². The summed E-state index contributed by atoms with van der Waals surface area (Å²) in [7, 11) is 0. The molecule has 7 heteroatoms. The van der Waals surface area contributed by atoms with E-state index in [9.17, 15) is 0 Å². The van der Waals surface area contributed by atoms with Crippen molar-refractivity contribution >= 4 is 50.0 Å². The number of nitrogens with one attached hydrogen (secondary N) is 3. The lowest BCUT2D eigenvalue weighted by atomic mass is 10.3. The van der Waals surface area contributed by atoms with Gasteiger partial charge in [-0.3, -0.25) is 0 Å². The molecule has 0 radical (unpaired) electrons. The second-order valence-electron chi connectivity index (χ2n) is 6.12. The molecule has 1 fully saturated rings. The first kappa shape index (κ1) is 13.7. The van der Waals surface area contributed by atoms with E-state index in [1.165, 1.54) is 12.8 Å². The molecule has 3 N–H and O–H groups in total. The van der Waals surface area contributed by atoms with E-state index in [0.717, 1.165) is 45.2 Å². The molecule has 0 aliphatic heterocycles. The van der Waals surface area contributed by atoms with Gasteiger partial charge in [0.2, 0.25) is 5.95 Å². The molecular formula is C17H16N6S. The highest BCUT2D eigenvalue weighted by Crippen LogP contribution is 2.30. The lowest BCUT2D eigenvalue weighted by Gasteiger charge is -2.10. The van der Waals surface area contributed by atoms with Crippen LogP contribution in [0.4, 0.5) is 17.5 Å². The zero-order chi connectivity index (χ0) is 15.9. The summed E-state index contributed by atoms with van der Waals surface area (Å²) in [6.45, 7) is 0.976. The monoisotopic (exact) mass is 336 g/mol. The van der Waals surface area contributed by atoms with Crippen LogP contribution >= 0.6 is 11.3 Å². The minimum absolute atomic E-state index is 0.590. The van der Waals surface area contributed by atoms with Crippen molar-refractivity contribution in [3.05, 3.63) is 36.0 Å². The van der Waals surface area contributed by atoms with Crippen LogP contribution in [0.3, 0.4) is 0 Å². The smallest absolute Gasteiger partial charge is 0.231 e. The van der Waals surface area contributed by atoms with Crippen molar-refractivity contribution in [2.75, 3.05) is 17.2 Å². The second kappa shape index (κ2) is 5.45. The zero-order valence-electron chi connectivity index (χ0n) is 12.9. The summed E-state index contributed by atoms with van der Waals surface area (Å²) in [5.74, 6) is 2.26. The summed E-state index contributed by atoms with van der Waals surface area (Å²) in [4.78, 5) is 16.7. The molecule has 1 aliphatic carbocycles. The van der Waals surface area contributed by atoms with E-state index < -0.39 is 0 Å². The van der Waals surface area contributed by atoms with Crippen LogP contribution in [-0.2, 0) is 0 Å². The van der Waals surface area contributed by atoms with Crippen molar-refractivity contribution in [1.29, 1.82) is 0 Å². The maximum atomic E-state index is 4.67. The highest BCUT2D eigenvalue weighted by molar-refractivity contribution is 7.16. The molecule has 0 amide bonds. The quantitative estimate of drug-likeness (QED) is 0.511. The molecule has 1 saturated carbocycles. The van der Waals surface area contributed by atoms with Crippen LogP contribution in [-0.4, -0.2) is 26.5 Å². The van der Waals surface area contributed by atoms with E-state index in [0.29, 0.717) is 5.95 Å². The van der Waals surface area contributed by atoms with Gasteiger partial charge in [0.05, 0.1) is 21.1 Å². The average molecular weight is 336 g/mol. The summed E-state index contributed by atoms with van der Waals surface area (Å²) in [6, 6.07) is 8.10. The zero-order valence-corrected chi connectivity index (χ0v) is 13.7. The lowest BCUT2D eigenvalue weighted by molar-refractivity contribution is 0.884. The maximum absolute atomic E-state index is 4.67. The Hall–Kier alpha value is -2.67. The van der Waals surface area contributed by atoms with Gasteiger partial charge in [0.15, 0.2) is 0 Å². The van der Waals surface area contributed by atoms with E-state index >= 15 is 0 Å². The molecule has 1 aromatic carbocycles. The predicted molar refractivity (Wildman–Crippen MR) is 98.0 cm³/mol. The minimum Gasteiger partial charge on any atom is -0.369 e. The number of aromatic nitrogens is 4. The molecule has 0 spiro atoms. The number of nitrogens with zero attached hydrogens (tertiary/aromatic N) is 3. The van der Waals surface area contributed by atoms with E-state index in [4.69, 9.17) is 0 Å². The Labute approximate surface area is 142 Å². The molecule has 1 aliphatic rings. The van der Waals surface area contributed by atoms with E-state index in [-0.39, 0.29) is 0 Å².